The number of aliphatic hydroxyl groups is 2. The number of hydrogen-bond acceptors (Lipinski definition) is 4. The Morgan fingerprint density at radius 1 is 1.31 bits per heavy atom. The smallest absolute Gasteiger partial charge is 0.0987 e. The van der Waals surface area contributed by atoms with Gasteiger partial charge in [-0.1, -0.05) is 30.3 Å². The fourth-order valence-electron chi connectivity index (χ4n) is 1.80. The van der Waals surface area contributed by atoms with Crippen LogP contribution in [0, 0.1) is 0 Å². The Hall–Kier alpha value is -0.550. The molecule has 0 aromatic heterocycles. The molecule has 1 fully saturated rings. The topological polar surface area (TPSA) is 49.7 Å². The lowest BCUT2D eigenvalue weighted by atomic mass is 10.1. The van der Waals surface area contributed by atoms with Gasteiger partial charge in [0, 0.05) is 5.75 Å². The highest BCUT2D eigenvalue weighted by molar-refractivity contribution is 8.00. The Labute approximate surface area is 99.4 Å². The van der Waals surface area contributed by atoms with E-state index in [4.69, 9.17) is 9.84 Å². The molecule has 2 rings (SSSR count). The summed E-state index contributed by atoms with van der Waals surface area (Å²) in [6.07, 6.45) is -0.721. The molecule has 3 nitrogen and oxygen atoms in total. The Morgan fingerprint density at radius 2 is 2.06 bits per heavy atom. The first-order valence-electron chi connectivity index (χ1n) is 5.37. The average molecular weight is 240 g/mol. The van der Waals surface area contributed by atoms with E-state index in [1.54, 1.807) is 11.8 Å². The molecule has 1 saturated heterocycles. The number of benzene rings is 1. The Morgan fingerprint density at radius 3 is 2.75 bits per heavy atom. The molecule has 0 unspecified atom stereocenters. The van der Waals surface area contributed by atoms with E-state index in [2.05, 4.69) is 0 Å². The molecule has 0 aliphatic carbocycles. The second-order valence-corrected chi connectivity index (χ2v) is 5.16. The summed E-state index contributed by atoms with van der Waals surface area (Å²) in [5.41, 5.74) is 1.09. The number of rotatable bonds is 4. The molecule has 1 aliphatic rings. The van der Waals surface area contributed by atoms with Crippen molar-refractivity contribution in [2.75, 3.05) is 12.4 Å². The van der Waals surface area contributed by atoms with Gasteiger partial charge in [-0.15, -0.1) is 0 Å². The summed E-state index contributed by atoms with van der Waals surface area (Å²) in [5, 5.41) is 18.8. The number of thioether (sulfide) groups is 1. The van der Waals surface area contributed by atoms with Crippen molar-refractivity contribution in [3.8, 4) is 0 Å². The molecule has 0 bridgehead atoms. The van der Waals surface area contributed by atoms with Crippen LogP contribution in [0.2, 0.25) is 0 Å². The molecule has 0 spiro atoms. The maximum Gasteiger partial charge on any atom is 0.0987 e. The predicted molar refractivity (Wildman–Crippen MR) is 64.4 cm³/mol. The molecular weight excluding hydrogens is 224 g/mol. The van der Waals surface area contributed by atoms with Crippen molar-refractivity contribution in [1.29, 1.82) is 0 Å². The molecular formula is C12H16O3S. The van der Waals surface area contributed by atoms with Crippen LogP contribution in [0.4, 0.5) is 0 Å². The minimum Gasteiger partial charge on any atom is -0.395 e. The molecule has 16 heavy (non-hydrogen) atoms. The Bertz CT molecular complexity index is 317. The molecule has 4 heteroatoms. The highest BCUT2D eigenvalue weighted by Crippen LogP contribution is 2.29. The molecule has 0 saturated carbocycles. The van der Waals surface area contributed by atoms with Gasteiger partial charge < -0.3 is 14.9 Å². The minimum atomic E-state index is -0.467. The molecule has 1 aromatic carbocycles. The molecule has 1 aliphatic heterocycles. The third-order valence-corrected chi connectivity index (χ3v) is 4.07. The van der Waals surface area contributed by atoms with Crippen LogP contribution in [0.5, 0.6) is 0 Å². The largest absolute Gasteiger partial charge is 0.395 e. The van der Waals surface area contributed by atoms with Gasteiger partial charge in [0.25, 0.3) is 0 Å². The maximum atomic E-state index is 9.71. The van der Waals surface area contributed by atoms with E-state index < -0.39 is 6.10 Å². The highest BCUT2D eigenvalue weighted by Gasteiger charge is 2.35. The summed E-state index contributed by atoms with van der Waals surface area (Å²) in [5.74, 6) is 0.644. The zero-order valence-corrected chi connectivity index (χ0v) is 9.77. The van der Waals surface area contributed by atoms with Gasteiger partial charge >= 0.3 is 0 Å². The van der Waals surface area contributed by atoms with Crippen LogP contribution in [0.3, 0.4) is 0 Å². The fourth-order valence-corrected chi connectivity index (χ4v) is 2.99. The van der Waals surface area contributed by atoms with Gasteiger partial charge in [-0.3, -0.25) is 0 Å². The van der Waals surface area contributed by atoms with Crippen molar-refractivity contribution in [2.45, 2.75) is 24.1 Å². The molecule has 0 radical (unpaired) electrons. The minimum absolute atomic E-state index is 0.00119. The molecule has 1 aromatic rings. The fraction of sp³-hybridized carbons (Fsp3) is 0.500. The lowest BCUT2D eigenvalue weighted by Gasteiger charge is -2.20. The normalized spacial score (nSPS) is 29.5. The number of aliphatic hydroxyl groups excluding tert-OH is 2. The van der Waals surface area contributed by atoms with E-state index in [0.717, 1.165) is 5.56 Å². The zero-order chi connectivity index (χ0) is 11.4. The van der Waals surface area contributed by atoms with Gasteiger partial charge in [0.1, 0.15) is 0 Å². The van der Waals surface area contributed by atoms with E-state index in [9.17, 15) is 5.11 Å². The molecule has 0 amide bonds. The Kier molecular flexibility index (Phi) is 4.23. The standard InChI is InChI=1S/C12H16O3S/c13-6-11-12(10(14)8-16-11)15-7-9-4-2-1-3-5-9/h1-5,10-14H,6-8H2/t10-,11+,12+/m1/s1. The van der Waals surface area contributed by atoms with E-state index in [-0.39, 0.29) is 18.0 Å². The van der Waals surface area contributed by atoms with Crippen molar-refractivity contribution in [3.05, 3.63) is 35.9 Å². The Balaban J connectivity index is 1.89. The molecule has 1 heterocycles. The van der Waals surface area contributed by atoms with Crippen LogP contribution in [0.25, 0.3) is 0 Å². The van der Waals surface area contributed by atoms with Gasteiger partial charge in [0.2, 0.25) is 0 Å². The van der Waals surface area contributed by atoms with Gasteiger partial charge in [0.05, 0.1) is 30.7 Å². The monoisotopic (exact) mass is 240 g/mol. The number of hydrogen-bond donors (Lipinski definition) is 2. The van der Waals surface area contributed by atoms with Crippen molar-refractivity contribution in [2.24, 2.45) is 0 Å². The van der Waals surface area contributed by atoms with Crippen LogP contribution in [-0.2, 0) is 11.3 Å². The van der Waals surface area contributed by atoms with Crippen LogP contribution in [-0.4, -0.2) is 40.0 Å². The summed E-state index contributed by atoms with van der Waals surface area (Å²) in [7, 11) is 0. The second kappa shape index (κ2) is 5.68. The second-order valence-electron chi connectivity index (χ2n) is 3.88. The third kappa shape index (κ3) is 2.77. The lowest BCUT2D eigenvalue weighted by Crippen LogP contribution is -2.34. The summed E-state index contributed by atoms with van der Waals surface area (Å²) in [4.78, 5) is 0. The summed E-state index contributed by atoms with van der Waals surface area (Å²) >= 11 is 1.57. The third-order valence-electron chi connectivity index (χ3n) is 2.69. The summed E-state index contributed by atoms with van der Waals surface area (Å²) in [6.45, 7) is 0.542. The summed E-state index contributed by atoms with van der Waals surface area (Å²) < 4.78 is 5.67. The van der Waals surface area contributed by atoms with Crippen LogP contribution in [0.15, 0.2) is 30.3 Å². The highest BCUT2D eigenvalue weighted by atomic mass is 32.2. The van der Waals surface area contributed by atoms with Gasteiger partial charge in [-0.05, 0) is 5.56 Å². The first-order valence-corrected chi connectivity index (χ1v) is 6.42. The van der Waals surface area contributed by atoms with Crippen molar-refractivity contribution >= 4 is 11.8 Å². The van der Waals surface area contributed by atoms with Crippen molar-refractivity contribution < 1.29 is 14.9 Å². The first kappa shape index (κ1) is 11.9. The predicted octanol–water partition coefficient (Wildman–Crippen LogP) is 1.04. The average Bonchev–Trinajstić information content (AvgIpc) is 2.69. The molecule has 2 N–H and O–H groups in total. The van der Waals surface area contributed by atoms with E-state index in [1.807, 2.05) is 30.3 Å². The van der Waals surface area contributed by atoms with E-state index >= 15 is 0 Å². The number of ether oxygens (including phenoxy) is 1. The van der Waals surface area contributed by atoms with Gasteiger partial charge in [0.15, 0.2) is 0 Å². The quantitative estimate of drug-likeness (QED) is 0.825. The van der Waals surface area contributed by atoms with Crippen LogP contribution >= 0.6 is 11.8 Å². The SMILES string of the molecule is OC[C@@H]1SC[C@@H](O)[C@@H]1OCc1ccccc1. The molecule has 88 valence electrons. The van der Waals surface area contributed by atoms with Gasteiger partial charge in [-0.2, -0.15) is 11.8 Å². The van der Waals surface area contributed by atoms with E-state index in [0.29, 0.717) is 12.4 Å². The lowest BCUT2D eigenvalue weighted by molar-refractivity contribution is -0.0359. The maximum absolute atomic E-state index is 9.71. The first-order chi connectivity index (χ1) is 7.81. The molecule has 3 atom stereocenters. The zero-order valence-electron chi connectivity index (χ0n) is 8.95. The van der Waals surface area contributed by atoms with Crippen molar-refractivity contribution in [1.82, 2.24) is 0 Å². The van der Waals surface area contributed by atoms with Gasteiger partial charge in [-0.25, -0.2) is 0 Å². The van der Waals surface area contributed by atoms with Crippen LogP contribution < -0.4 is 0 Å². The van der Waals surface area contributed by atoms with E-state index in [1.165, 1.54) is 0 Å². The summed E-state index contributed by atoms with van der Waals surface area (Å²) in [6, 6.07) is 9.86. The van der Waals surface area contributed by atoms with Crippen LogP contribution in [0.1, 0.15) is 5.56 Å². The van der Waals surface area contributed by atoms with Crippen molar-refractivity contribution in [3.63, 3.8) is 0 Å².